The Balaban J connectivity index is 2.36. The van der Waals surface area contributed by atoms with Crippen molar-refractivity contribution in [3.63, 3.8) is 0 Å². The zero-order valence-corrected chi connectivity index (χ0v) is 15.5. The molecule has 0 radical (unpaired) electrons. The molecule has 140 valence electrons. The van der Waals surface area contributed by atoms with Gasteiger partial charge in [-0.3, -0.25) is 14.4 Å². The maximum absolute atomic E-state index is 13.6. The van der Waals surface area contributed by atoms with Gasteiger partial charge in [0, 0.05) is 0 Å². The summed E-state index contributed by atoms with van der Waals surface area (Å²) >= 11 is 0. The zero-order chi connectivity index (χ0) is 20.1. The topological polar surface area (TPSA) is 71.4 Å². The first kappa shape index (κ1) is 20.2. The summed E-state index contributed by atoms with van der Waals surface area (Å²) in [4.78, 5) is 34.0. The van der Waals surface area contributed by atoms with Gasteiger partial charge < -0.3 is 5.11 Å². The number of carbonyl (C=O) groups is 3. The largest absolute Gasteiger partial charge is 0.481 e. The van der Waals surface area contributed by atoms with Crippen LogP contribution in [0.15, 0.2) is 36.4 Å². The lowest BCUT2D eigenvalue weighted by atomic mass is 9.92. The fraction of sp³-hybridized carbons (Fsp3) is 0.227. The second-order valence-corrected chi connectivity index (χ2v) is 6.59. The minimum absolute atomic E-state index is 0.285. The summed E-state index contributed by atoms with van der Waals surface area (Å²) in [5, 5.41) is 8.59. The molecule has 0 aromatic heterocycles. The van der Waals surface area contributed by atoms with E-state index in [4.69, 9.17) is 5.11 Å². The monoisotopic (exact) mass is 368 g/mol. The number of aryl methyl sites for hydroxylation is 3. The standard InChI is InChI=1S/C22H21FO4/c1-13-8-14(2)19(6-5-17(24)11-18(25)12-22(26)27)20(9-13)16-4-7-21(23)15(3)10-16/h4-10H,11-12H2,1-3H3,(H,26,27)/b6-5+. The molecular weight excluding hydrogens is 347 g/mol. The van der Waals surface area contributed by atoms with Gasteiger partial charge in [0.2, 0.25) is 0 Å². The van der Waals surface area contributed by atoms with Gasteiger partial charge in [-0.15, -0.1) is 0 Å². The number of rotatable bonds is 7. The highest BCUT2D eigenvalue weighted by molar-refractivity contribution is 6.10. The lowest BCUT2D eigenvalue weighted by Crippen LogP contribution is -2.10. The molecule has 0 spiro atoms. The Hall–Kier alpha value is -3.08. The summed E-state index contributed by atoms with van der Waals surface area (Å²) < 4.78 is 13.6. The Morgan fingerprint density at radius 1 is 1.00 bits per heavy atom. The van der Waals surface area contributed by atoms with Gasteiger partial charge in [0.05, 0.1) is 6.42 Å². The Morgan fingerprint density at radius 3 is 2.33 bits per heavy atom. The van der Waals surface area contributed by atoms with Crippen LogP contribution in [0.25, 0.3) is 17.2 Å². The van der Waals surface area contributed by atoms with Crippen LogP contribution >= 0.6 is 0 Å². The molecule has 0 heterocycles. The van der Waals surface area contributed by atoms with Crippen LogP contribution in [0.2, 0.25) is 0 Å². The van der Waals surface area contributed by atoms with Crippen molar-refractivity contribution < 1.29 is 23.9 Å². The number of halogens is 1. The number of ketones is 2. The molecule has 27 heavy (non-hydrogen) atoms. The van der Waals surface area contributed by atoms with Gasteiger partial charge in [0.15, 0.2) is 11.6 Å². The molecule has 2 rings (SSSR count). The van der Waals surface area contributed by atoms with Gasteiger partial charge in [-0.05, 0) is 66.8 Å². The first-order valence-corrected chi connectivity index (χ1v) is 8.49. The summed E-state index contributed by atoms with van der Waals surface area (Å²) in [7, 11) is 0. The van der Waals surface area contributed by atoms with Crippen LogP contribution in [0.1, 0.15) is 35.1 Å². The molecule has 4 nitrogen and oxygen atoms in total. The molecular formula is C22H21FO4. The number of Topliss-reactive ketones (excluding diaryl/α,β-unsaturated/α-hetero) is 1. The average Bonchev–Trinajstić information content (AvgIpc) is 2.55. The molecule has 0 atom stereocenters. The average molecular weight is 368 g/mol. The molecule has 0 aliphatic rings. The quantitative estimate of drug-likeness (QED) is 0.579. The Kier molecular flexibility index (Phi) is 6.40. The summed E-state index contributed by atoms with van der Waals surface area (Å²) in [5.74, 6) is -2.62. The molecule has 0 aliphatic heterocycles. The molecule has 0 bridgehead atoms. The summed E-state index contributed by atoms with van der Waals surface area (Å²) in [6, 6.07) is 8.77. The van der Waals surface area contributed by atoms with Crippen molar-refractivity contribution >= 4 is 23.6 Å². The molecule has 0 saturated carbocycles. The fourth-order valence-electron chi connectivity index (χ4n) is 2.91. The van der Waals surface area contributed by atoms with E-state index >= 15 is 0 Å². The number of hydrogen-bond donors (Lipinski definition) is 1. The van der Waals surface area contributed by atoms with Crippen LogP contribution in [0.3, 0.4) is 0 Å². The van der Waals surface area contributed by atoms with Gasteiger partial charge in [0.25, 0.3) is 0 Å². The number of hydrogen-bond acceptors (Lipinski definition) is 3. The molecule has 0 fully saturated rings. The highest BCUT2D eigenvalue weighted by Crippen LogP contribution is 2.30. The minimum Gasteiger partial charge on any atom is -0.481 e. The van der Waals surface area contributed by atoms with E-state index in [0.29, 0.717) is 5.56 Å². The van der Waals surface area contributed by atoms with Crippen LogP contribution < -0.4 is 0 Å². The van der Waals surface area contributed by atoms with Crippen molar-refractivity contribution in [3.8, 4) is 11.1 Å². The van der Waals surface area contributed by atoms with Crippen molar-refractivity contribution in [1.82, 2.24) is 0 Å². The summed E-state index contributed by atoms with van der Waals surface area (Å²) in [5.41, 5.74) is 4.98. The van der Waals surface area contributed by atoms with Crippen molar-refractivity contribution in [3.05, 3.63) is 64.5 Å². The third kappa shape index (κ3) is 5.45. The second kappa shape index (κ2) is 8.54. The molecule has 2 aromatic carbocycles. The maximum atomic E-state index is 13.6. The Labute approximate surface area is 157 Å². The molecule has 0 amide bonds. The molecule has 0 saturated heterocycles. The highest BCUT2D eigenvalue weighted by atomic mass is 19.1. The maximum Gasteiger partial charge on any atom is 0.310 e. The smallest absolute Gasteiger partial charge is 0.310 e. The van der Waals surface area contributed by atoms with Gasteiger partial charge >= 0.3 is 5.97 Å². The van der Waals surface area contributed by atoms with E-state index in [1.165, 1.54) is 12.1 Å². The van der Waals surface area contributed by atoms with E-state index in [0.717, 1.165) is 27.8 Å². The molecule has 0 unspecified atom stereocenters. The summed E-state index contributed by atoms with van der Waals surface area (Å²) in [6.45, 7) is 5.55. The number of carbonyl (C=O) groups excluding carboxylic acids is 2. The van der Waals surface area contributed by atoms with E-state index in [1.807, 2.05) is 26.0 Å². The lowest BCUT2D eigenvalue weighted by Gasteiger charge is -2.12. The normalized spacial score (nSPS) is 11.0. The number of allylic oxidation sites excluding steroid dienone is 1. The molecule has 1 N–H and O–H groups in total. The van der Waals surface area contributed by atoms with Gasteiger partial charge in [-0.2, -0.15) is 0 Å². The lowest BCUT2D eigenvalue weighted by molar-refractivity contribution is -0.140. The van der Waals surface area contributed by atoms with E-state index in [9.17, 15) is 18.8 Å². The molecule has 2 aromatic rings. The zero-order valence-electron chi connectivity index (χ0n) is 15.5. The van der Waals surface area contributed by atoms with Crippen LogP contribution in [-0.2, 0) is 14.4 Å². The van der Waals surface area contributed by atoms with E-state index < -0.39 is 30.4 Å². The summed E-state index contributed by atoms with van der Waals surface area (Å²) in [6.07, 6.45) is 1.80. The molecule has 5 heteroatoms. The third-order valence-corrected chi connectivity index (χ3v) is 4.16. The Morgan fingerprint density at radius 2 is 1.70 bits per heavy atom. The van der Waals surface area contributed by atoms with E-state index in [2.05, 4.69) is 0 Å². The predicted octanol–water partition coefficient (Wildman–Crippen LogP) is 4.43. The van der Waals surface area contributed by atoms with Crippen LogP contribution in [0, 0.1) is 26.6 Å². The second-order valence-electron chi connectivity index (χ2n) is 6.59. The number of aliphatic carboxylic acids is 1. The van der Waals surface area contributed by atoms with Crippen LogP contribution in [0.5, 0.6) is 0 Å². The van der Waals surface area contributed by atoms with Crippen molar-refractivity contribution in [1.29, 1.82) is 0 Å². The van der Waals surface area contributed by atoms with Crippen molar-refractivity contribution in [2.24, 2.45) is 0 Å². The minimum atomic E-state index is -1.25. The van der Waals surface area contributed by atoms with Gasteiger partial charge in [0.1, 0.15) is 12.2 Å². The first-order valence-electron chi connectivity index (χ1n) is 8.49. The van der Waals surface area contributed by atoms with Gasteiger partial charge in [-0.1, -0.05) is 29.8 Å². The Bertz CT molecular complexity index is 942. The van der Waals surface area contributed by atoms with E-state index in [-0.39, 0.29) is 5.82 Å². The van der Waals surface area contributed by atoms with E-state index in [1.54, 1.807) is 25.1 Å². The van der Waals surface area contributed by atoms with Crippen LogP contribution in [-0.4, -0.2) is 22.6 Å². The third-order valence-electron chi connectivity index (χ3n) is 4.16. The van der Waals surface area contributed by atoms with Gasteiger partial charge in [-0.25, -0.2) is 4.39 Å². The SMILES string of the molecule is Cc1cc(C)c(/C=C/C(=O)CC(=O)CC(=O)O)c(-c2ccc(F)c(C)c2)c1. The predicted molar refractivity (Wildman–Crippen MR) is 102 cm³/mol. The molecule has 0 aliphatic carbocycles. The van der Waals surface area contributed by atoms with Crippen molar-refractivity contribution in [2.45, 2.75) is 33.6 Å². The highest BCUT2D eigenvalue weighted by Gasteiger charge is 2.13. The first-order chi connectivity index (χ1) is 12.7. The number of carboxylic acid groups (broad SMARTS) is 1. The van der Waals surface area contributed by atoms with Crippen LogP contribution in [0.4, 0.5) is 4.39 Å². The fourth-order valence-corrected chi connectivity index (χ4v) is 2.91. The van der Waals surface area contributed by atoms with Crippen molar-refractivity contribution in [2.75, 3.05) is 0 Å². The number of benzene rings is 2. The number of carboxylic acids is 1.